The molecule has 1 aromatic rings. The third kappa shape index (κ3) is 2.17. The number of aromatic carboxylic acids is 1. The van der Waals surface area contributed by atoms with Gasteiger partial charge in [0.15, 0.2) is 5.69 Å². The maximum absolute atomic E-state index is 11.7. The Balaban J connectivity index is 2.03. The van der Waals surface area contributed by atoms with Crippen LogP contribution in [0.15, 0.2) is 10.6 Å². The third-order valence-corrected chi connectivity index (χ3v) is 2.69. The number of likely N-dealkylation sites (N-methyl/N-ethyl adjacent to an activating group) is 1. The first-order chi connectivity index (χ1) is 8.49. The summed E-state index contributed by atoms with van der Waals surface area (Å²) in [5.41, 5.74) is -0.158. The number of carboxylic acid groups (broad SMARTS) is 1. The van der Waals surface area contributed by atoms with Crippen molar-refractivity contribution in [1.29, 1.82) is 0 Å². The van der Waals surface area contributed by atoms with Crippen LogP contribution in [0.5, 0.6) is 0 Å². The predicted octanol–water partition coefficient (Wildman–Crippen LogP) is -0.667. The number of hydrogen-bond acceptors (Lipinski definition) is 5. The van der Waals surface area contributed by atoms with Crippen molar-refractivity contribution in [2.45, 2.75) is 12.5 Å². The van der Waals surface area contributed by atoms with Gasteiger partial charge in [-0.3, -0.25) is 9.59 Å². The SMILES string of the molecule is CN1CCC(NC(=O)c2cc(C(=O)O)on2)C1=O. The minimum atomic E-state index is -1.31. The van der Waals surface area contributed by atoms with E-state index < -0.39 is 23.7 Å². The van der Waals surface area contributed by atoms with E-state index in [4.69, 9.17) is 5.11 Å². The average molecular weight is 253 g/mol. The highest BCUT2D eigenvalue weighted by molar-refractivity contribution is 5.98. The Hall–Kier alpha value is -2.38. The van der Waals surface area contributed by atoms with Gasteiger partial charge >= 0.3 is 5.97 Å². The van der Waals surface area contributed by atoms with E-state index in [9.17, 15) is 14.4 Å². The molecule has 2 heterocycles. The second-order valence-corrected chi connectivity index (χ2v) is 3.96. The Morgan fingerprint density at radius 3 is 2.83 bits per heavy atom. The average Bonchev–Trinajstić information content (AvgIpc) is 2.91. The van der Waals surface area contributed by atoms with Crippen LogP contribution in [0.4, 0.5) is 0 Å². The Kier molecular flexibility index (Phi) is 3.00. The number of carboxylic acids is 1. The van der Waals surface area contributed by atoms with Crippen LogP contribution in [0.2, 0.25) is 0 Å². The summed E-state index contributed by atoms with van der Waals surface area (Å²) < 4.78 is 4.45. The molecule has 8 heteroatoms. The Morgan fingerprint density at radius 2 is 2.33 bits per heavy atom. The molecule has 1 atom stereocenters. The normalized spacial score (nSPS) is 19.1. The second kappa shape index (κ2) is 4.47. The van der Waals surface area contributed by atoms with Crippen molar-refractivity contribution in [3.05, 3.63) is 17.5 Å². The van der Waals surface area contributed by atoms with E-state index >= 15 is 0 Å². The van der Waals surface area contributed by atoms with Gasteiger partial charge in [-0.15, -0.1) is 0 Å². The zero-order chi connectivity index (χ0) is 13.3. The van der Waals surface area contributed by atoms with E-state index in [1.807, 2.05) is 0 Å². The molecular weight excluding hydrogens is 242 g/mol. The van der Waals surface area contributed by atoms with Gasteiger partial charge < -0.3 is 19.8 Å². The molecule has 1 fully saturated rings. The molecule has 8 nitrogen and oxygen atoms in total. The maximum Gasteiger partial charge on any atom is 0.374 e. The highest BCUT2D eigenvalue weighted by Gasteiger charge is 2.31. The van der Waals surface area contributed by atoms with E-state index in [1.165, 1.54) is 4.90 Å². The first kappa shape index (κ1) is 12.1. The van der Waals surface area contributed by atoms with Gasteiger partial charge in [0.05, 0.1) is 0 Å². The molecule has 1 saturated heterocycles. The molecule has 2 N–H and O–H groups in total. The van der Waals surface area contributed by atoms with Gasteiger partial charge in [0.1, 0.15) is 6.04 Å². The van der Waals surface area contributed by atoms with E-state index in [-0.39, 0.29) is 11.6 Å². The summed E-state index contributed by atoms with van der Waals surface area (Å²) in [6.07, 6.45) is 0.519. The summed E-state index contributed by atoms with van der Waals surface area (Å²) in [4.78, 5) is 35.3. The lowest BCUT2D eigenvalue weighted by Gasteiger charge is -2.10. The van der Waals surface area contributed by atoms with Gasteiger partial charge in [-0.2, -0.15) is 0 Å². The van der Waals surface area contributed by atoms with E-state index in [2.05, 4.69) is 15.0 Å². The minimum absolute atomic E-state index is 0.158. The maximum atomic E-state index is 11.7. The number of nitrogens with one attached hydrogen (secondary N) is 1. The van der Waals surface area contributed by atoms with Crippen LogP contribution in [-0.4, -0.2) is 52.6 Å². The van der Waals surface area contributed by atoms with Crippen LogP contribution in [0.1, 0.15) is 27.5 Å². The molecule has 1 unspecified atom stereocenters. The number of likely N-dealkylation sites (tertiary alicyclic amines) is 1. The summed E-state index contributed by atoms with van der Waals surface area (Å²) in [6, 6.07) is 0.424. The number of amides is 2. The van der Waals surface area contributed by atoms with Gasteiger partial charge in [0, 0.05) is 19.7 Å². The summed E-state index contributed by atoms with van der Waals surface area (Å²) in [6.45, 7) is 0.572. The second-order valence-electron chi connectivity index (χ2n) is 3.96. The fraction of sp³-hybridized carbons (Fsp3) is 0.400. The topological polar surface area (TPSA) is 113 Å². The number of carbonyl (C=O) groups excluding carboxylic acids is 2. The van der Waals surface area contributed by atoms with Crippen LogP contribution in [0.25, 0.3) is 0 Å². The van der Waals surface area contributed by atoms with Gasteiger partial charge in [0.25, 0.3) is 5.91 Å². The van der Waals surface area contributed by atoms with E-state index in [1.54, 1.807) is 7.05 Å². The number of hydrogen-bond donors (Lipinski definition) is 2. The van der Waals surface area contributed by atoms with Crippen molar-refractivity contribution in [3.8, 4) is 0 Å². The molecule has 96 valence electrons. The van der Waals surface area contributed by atoms with Crippen molar-refractivity contribution in [1.82, 2.24) is 15.4 Å². The summed E-state index contributed by atoms with van der Waals surface area (Å²) in [5, 5.41) is 14.4. The standard InChI is InChI=1S/C10H11N3O5/c1-13-3-2-5(9(13)15)11-8(14)6-4-7(10(16)17)18-12-6/h4-5H,2-3H2,1H3,(H,11,14)(H,16,17). The quantitative estimate of drug-likeness (QED) is 0.738. The van der Waals surface area contributed by atoms with E-state index in [0.717, 1.165) is 6.07 Å². The summed E-state index contributed by atoms with van der Waals surface area (Å²) >= 11 is 0. The Morgan fingerprint density at radius 1 is 1.61 bits per heavy atom. The third-order valence-electron chi connectivity index (χ3n) is 2.69. The largest absolute Gasteiger partial charge is 0.475 e. The monoisotopic (exact) mass is 253 g/mol. The van der Waals surface area contributed by atoms with Gasteiger partial charge in [-0.25, -0.2) is 4.79 Å². The molecule has 18 heavy (non-hydrogen) atoms. The van der Waals surface area contributed by atoms with E-state index in [0.29, 0.717) is 13.0 Å². The Bertz CT molecular complexity index is 509. The lowest BCUT2D eigenvalue weighted by molar-refractivity contribution is -0.128. The van der Waals surface area contributed by atoms with Crippen LogP contribution >= 0.6 is 0 Å². The van der Waals surface area contributed by atoms with Crippen molar-refractivity contribution in [2.24, 2.45) is 0 Å². The highest BCUT2D eigenvalue weighted by Crippen LogP contribution is 2.10. The molecule has 0 aliphatic carbocycles. The van der Waals surface area contributed by atoms with Crippen molar-refractivity contribution in [2.75, 3.05) is 13.6 Å². The molecule has 0 spiro atoms. The van der Waals surface area contributed by atoms with Gasteiger partial charge in [0.2, 0.25) is 11.7 Å². The molecule has 0 radical (unpaired) electrons. The number of carbonyl (C=O) groups is 3. The smallest absolute Gasteiger partial charge is 0.374 e. The van der Waals surface area contributed by atoms with Crippen molar-refractivity contribution in [3.63, 3.8) is 0 Å². The highest BCUT2D eigenvalue weighted by atomic mass is 16.5. The zero-order valence-corrected chi connectivity index (χ0v) is 9.54. The van der Waals surface area contributed by atoms with Crippen LogP contribution in [0, 0.1) is 0 Å². The van der Waals surface area contributed by atoms with Crippen LogP contribution < -0.4 is 5.32 Å². The summed E-state index contributed by atoms with van der Waals surface area (Å²) in [7, 11) is 1.65. The number of nitrogens with zero attached hydrogens (tertiary/aromatic N) is 2. The molecular formula is C10H11N3O5. The Labute approximate surface area is 102 Å². The lowest BCUT2D eigenvalue weighted by Crippen LogP contribution is -2.40. The predicted molar refractivity (Wildman–Crippen MR) is 57.0 cm³/mol. The fourth-order valence-electron chi connectivity index (χ4n) is 1.67. The van der Waals surface area contributed by atoms with Crippen molar-refractivity contribution < 1.29 is 24.0 Å². The molecule has 0 bridgehead atoms. The minimum Gasteiger partial charge on any atom is -0.475 e. The molecule has 2 rings (SSSR count). The molecule has 1 aliphatic rings. The molecule has 0 saturated carbocycles. The summed E-state index contributed by atoms with van der Waals surface area (Å²) in [5.74, 6) is -2.53. The number of rotatable bonds is 3. The first-order valence-corrected chi connectivity index (χ1v) is 5.25. The molecule has 2 amide bonds. The molecule has 0 aromatic carbocycles. The number of aromatic nitrogens is 1. The fourth-order valence-corrected chi connectivity index (χ4v) is 1.67. The van der Waals surface area contributed by atoms with Gasteiger partial charge in [-0.1, -0.05) is 5.16 Å². The van der Waals surface area contributed by atoms with Crippen LogP contribution in [0.3, 0.4) is 0 Å². The lowest BCUT2D eigenvalue weighted by atomic mass is 10.2. The zero-order valence-electron chi connectivity index (χ0n) is 9.54. The molecule has 1 aliphatic heterocycles. The van der Waals surface area contributed by atoms with Gasteiger partial charge in [-0.05, 0) is 6.42 Å². The van der Waals surface area contributed by atoms with Crippen LogP contribution in [-0.2, 0) is 4.79 Å². The first-order valence-electron chi connectivity index (χ1n) is 5.25. The molecule has 1 aromatic heterocycles. The van der Waals surface area contributed by atoms with Crippen molar-refractivity contribution >= 4 is 17.8 Å².